The third kappa shape index (κ3) is 3.36. The van der Waals surface area contributed by atoms with Gasteiger partial charge >= 0.3 is 0 Å². The Hall–Kier alpha value is -3.34. The van der Waals surface area contributed by atoms with E-state index >= 15 is 0 Å². The molecule has 5 heteroatoms. The zero-order chi connectivity index (χ0) is 18.8. The van der Waals surface area contributed by atoms with Gasteiger partial charge in [-0.05, 0) is 30.2 Å². The van der Waals surface area contributed by atoms with Crippen LogP contribution in [0, 0.1) is 6.92 Å². The van der Waals surface area contributed by atoms with Crippen LogP contribution in [0.2, 0.25) is 0 Å². The summed E-state index contributed by atoms with van der Waals surface area (Å²) in [5.41, 5.74) is 3.69. The molecule has 5 nitrogen and oxygen atoms in total. The van der Waals surface area contributed by atoms with Crippen LogP contribution in [0.3, 0.4) is 0 Å². The van der Waals surface area contributed by atoms with E-state index in [4.69, 9.17) is 4.74 Å². The van der Waals surface area contributed by atoms with Crippen molar-refractivity contribution in [2.45, 2.75) is 19.9 Å². The molecule has 0 fully saturated rings. The summed E-state index contributed by atoms with van der Waals surface area (Å²) in [6.07, 6.45) is 4.35. The monoisotopic (exact) mass is 359 g/mol. The summed E-state index contributed by atoms with van der Waals surface area (Å²) < 4.78 is 8.89. The Kier molecular flexibility index (Phi) is 4.50. The minimum Gasteiger partial charge on any atom is -0.497 e. The molecule has 2 aromatic heterocycles. The van der Waals surface area contributed by atoms with Crippen LogP contribution in [0.5, 0.6) is 5.75 Å². The minimum absolute atomic E-state index is 0.0300. The molecule has 0 N–H and O–H groups in total. The van der Waals surface area contributed by atoms with E-state index in [9.17, 15) is 4.79 Å². The molecule has 0 unspecified atom stereocenters. The highest BCUT2D eigenvalue weighted by atomic mass is 16.5. The maximum absolute atomic E-state index is 13.0. The Morgan fingerprint density at radius 2 is 1.74 bits per heavy atom. The topological polar surface area (TPSA) is 48.5 Å². The van der Waals surface area contributed by atoms with Crippen molar-refractivity contribution in [1.29, 1.82) is 0 Å². The van der Waals surface area contributed by atoms with Gasteiger partial charge in [0.05, 0.1) is 19.9 Å². The van der Waals surface area contributed by atoms with E-state index in [1.807, 2.05) is 60.0 Å². The van der Waals surface area contributed by atoms with E-state index in [1.54, 1.807) is 17.9 Å². The molecule has 0 aliphatic rings. The van der Waals surface area contributed by atoms with Crippen LogP contribution in [0.25, 0.3) is 5.52 Å². The molecule has 0 bridgehead atoms. The van der Waals surface area contributed by atoms with Gasteiger partial charge in [-0.15, -0.1) is 0 Å². The SMILES string of the molecule is COc1ccc(Cn2c(C)cn3c(Cc4ccccc4)ncc3c2=O)cc1. The molecule has 0 amide bonds. The van der Waals surface area contributed by atoms with E-state index in [2.05, 4.69) is 17.1 Å². The van der Waals surface area contributed by atoms with Gasteiger partial charge in [-0.3, -0.25) is 9.20 Å². The predicted molar refractivity (Wildman–Crippen MR) is 106 cm³/mol. The van der Waals surface area contributed by atoms with Crippen molar-refractivity contribution in [3.05, 3.63) is 100.0 Å². The third-order valence-electron chi connectivity index (χ3n) is 4.78. The lowest BCUT2D eigenvalue weighted by Gasteiger charge is -2.12. The van der Waals surface area contributed by atoms with Gasteiger partial charge in [0.25, 0.3) is 5.56 Å². The number of hydrogen-bond donors (Lipinski definition) is 0. The van der Waals surface area contributed by atoms with Gasteiger partial charge in [-0.2, -0.15) is 0 Å². The third-order valence-corrected chi connectivity index (χ3v) is 4.78. The van der Waals surface area contributed by atoms with Crippen LogP contribution in [-0.4, -0.2) is 21.1 Å². The number of rotatable bonds is 5. The first-order valence-corrected chi connectivity index (χ1v) is 8.89. The Labute approximate surface area is 157 Å². The largest absolute Gasteiger partial charge is 0.497 e. The quantitative estimate of drug-likeness (QED) is 0.548. The fourth-order valence-electron chi connectivity index (χ4n) is 3.28. The molecule has 0 radical (unpaired) electrons. The second-order valence-electron chi connectivity index (χ2n) is 6.60. The van der Waals surface area contributed by atoms with E-state index < -0.39 is 0 Å². The number of hydrogen-bond acceptors (Lipinski definition) is 3. The first kappa shape index (κ1) is 17.1. The van der Waals surface area contributed by atoms with E-state index in [0.717, 1.165) is 22.8 Å². The molecular weight excluding hydrogens is 338 g/mol. The van der Waals surface area contributed by atoms with Gasteiger partial charge < -0.3 is 9.30 Å². The van der Waals surface area contributed by atoms with Crippen LogP contribution in [0.1, 0.15) is 22.6 Å². The van der Waals surface area contributed by atoms with Crippen LogP contribution < -0.4 is 10.3 Å². The minimum atomic E-state index is -0.0300. The average Bonchev–Trinajstić information content (AvgIpc) is 3.09. The van der Waals surface area contributed by atoms with Gasteiger partial charge in [0.1, 0.15) is 17.1 Å². The standard InChI is InChI=1S/C22H21N3O2/c1-16-14-25-20(13-23-21(25)12-17-6-4-3-5-7-17)22(26)24(16)15-18-8-10-19(27-2)11-9-18/h3-11,13-14H,12,15H2,1-2H3. The highest BCUT2D eigenvalue weighted by molar-refractivity contribution is 5.45. The van der Waals surface area contributed by atoms with E-state index in [1.165, 1.54) is 5.56 Å². The van der Waals surface area contributed by atoms with Crippen molar-refractivity contribution < 1.29 is 4.74 Å². The summed E-state index contributed by atoms with van der Waals surface area (Å²) in [4.78, 5) is 17.5. The number of nitrogens with zero attached hydrogens (tertiary/aromatic N) is 3. The van der Waals surface area contributed by atoms with Crippen molar-refractivity contribution >= 4 is 5.52 Å². The van der Waals surface area contributed by atoms with Crippen LogP contribution in [0.15, 0.2) is 71.8 Å². The molecular formula is C22H21N3O2. The van der Waals surface area contributed by atoms with Crippen molar-refractivity contribution in [2.24, 2.45) is 0 Å². The van der Waals surface area contributed by atoms with Crippen LogP contribution in [-0.2, 0) is 13.0 Å². The number of imidazole rings is 1. The summed E-state index contributed by atoms with van der Waals surface area (Å²) in [5.74, 6) is 1.67. The van der Waals surface area contributed by atoms with Crippen LogP contribution >= 0.6 is 0 Å². The smallest absolute Gasteiger partial charge is 0.276 e. The van der Waals surface area contributed by atoms with Gasteiger partial charge in [-0.1, -0.05) is 42.5 Å². The molecule has 2 aromatic carbocycles. The lowest BCUT2D eigenvalue weighted by molar-refractivity contribution is 0.414. The molecule has 0 saturated heterocycles. The Bertz CT molecular complexity index is 1130. The van der Waals surface area contributed by atoms with Gasteiger partial charge in [0, 0.05) is 18.3 Å². The number of fused-ring (bicyclic) bond motifs is 1. The first-order valence-electron chi connectivity index (χ1n) is 8.89. The van der Waals surface area contributed by atoms with E-state index in [0.29, 0.717) is 18.5 Å². The molecule has 27 heavy (non-hydrogen) atoms. The average molecular weight is 359 g/mol. The number of aromatic nitrogens is 3. The fraction of sp³-hybridized carbons (Fsp3) is 0.182. The highest BCUT2D eigenvalue weighted by Crippen LogP contribution is 2.14. The Balaban J connectivity index is 1.70. The molecule has 0 aliphatic heterocycles. The predicted octanol–water partition coefficient (Wildman–Crippen LogP) is 3.45. The zero-order valence-corrected chi connectivity index (χ0v) is 15.4. The molecule has 0 atom stereocenters. The summed E-state index contributed by atoms with van der Waals surface area (Å²) in [7, 11) is 1.64. The number of aryl methyl sites for hydroxylation is 1. The maximum Gasteiger partial charge on any atom is 0.276 e. The molecule has 0 spiro atoms. The zero-order valence-electron chi connectivity index (χ0n) is 15.4. The Morgan fingerprint density at radius 3 is 2.44 bits per heavy atom. The van der Waals surface area contributed by atoms with Crippen molar-refractivity contribution in [1.82, 2.24) is 14.0 Å². The van der Waals surface area contributed by atoms with Gasteiger partial charge in [0.15, 0.2) is 0 Å². The van der Waals surface area contributed by atoms with E-state index in [-0.39, 0.29) is 5.56 Å². The van der Waals surface area contributed by atoms with Gasteiger partial charge in [0.2, 0.25) is 0 Å². The molecule has 0 saturated carbocycles. The summed E-state index contributed by atoms with van der Waals surface area (Å²) >= 11 is 0. The summed E-state index contributed by atoms with van der Waals surface area (Å²) in [5, 5.41) is 0. The Morgan fingerprint density at radius 1 is 1.00 bits per heavy atom. The second kappa shape index (κ2) is 7.11. The normalized spacial score (nSPS) is 11.0. The highest BCUT2D eigenvalue weighted by Gasteiger charge is 2.12. The molecule has 0 aliphatic carbocycles. The lowest BCUT2D eigenvalue weighted by Crippen LogP contribution is -2.25. The number of methoxy groups -OCH3 is 1. The second-order valence-corrected chi connectivity index (χ2v) is 6.60. The van der Waals surface area contributed by atoms with Crippen LogP contribution in [0.4, 0.5) is 0 Å². The molecule has 2 heterocycles. The number of ether oxygens (including phenoxy) is 1. The van der Waals surface area contributed by atoms with Crippen molar-refractivity contribution in [3.63, 3.8) is 0 Å². The first-order chi connectivity index (χ1) is 13.2. The molecule has 4 rings (SSSR count). The summed E-state index contributed by atoms with van der Waals surface area (Å²) in [6, 6.07) is 17.9. The molecule has 4 aromatic rings. The number of benzene rings is 2. The summed E-state index contributed by atoms with van der Waals surface area (Å²) in [6.45, 7) is 2.47. The maximum atomic E-state index is 13.0. The van der Waals surface area contributed by atoms with Crippen molar-refractivity contribution in [2.75, 3.05) is 7.11 Å². The molecule has 136 valence electrons. The van der Waals surface area contributed by atoms with Gasteiger partial charge in [-0.25, -0.2) is 4.98 Å². The van der Waals surface area contributed by atoms with Crippen molar-refractivity contribution in [3.8, 4) is 5.75 Å². The fourth-order valence-corrected chi connectivity index (χ4v) is 3.28. The lowest BCUT2D eigenvalue weighted by atomic mass is 10.1.